The molecule has 0 aliphatic carbocycles. The molecule has 1 heterocycles. The van der Waals surface area contributed by atoms with Crippen LogP contribution in [-0.2, 0) is 12.8 Å². The van der Waals surface area contributed by atoms with Gasteiger partial charge in [0.1, 0.15) is 17.5 Å². The lowest BCUT2D eigenvalue weighted by Gasteiger charge is -2.11. The van der Waals surface area contributed by atoms with Crippen molar-refractivity contribution in [1.82, 2.24) is 9.97 Å². The summed E-state index contributed by atoms with van der Waals surface area (Å²) >= 11 is 0. The molecule has 4 heteroatoms. The summed E-state index contributed by atoms with van der Waals surface area (Å²) in [6.07, 6.45) is 1.49. The molecular formula is C15H18FN3. The van der Waals surface area contributed by atoms with Crippen molar-refractivity contribution in [3.8, 4) is 0 Å². The molecule has 1 aromatic heterocycles. The number of halogens is 1. The molecule has 0 bridgehead atoms. The summed E-state index contributed by atoms with van der Waals surface area (Å²) in [6, 6.07) is 6.46. The Morgan fingerprint density at radius 1 is 1.16 bits per heavy atom. The number of aromatic nitrogens is 2. The maximum absolute atomic E-state index is 12.9. The van der Waals surface area contributed by atoms with Crippen molar-refractivity contribution in [1.29, 1.82) is 0 Å². The van der Waals surface area contributed by atoms with Crippen LogP contribution in [0.3, 0.4) is 0 Å². The Bertz CT molecular complexity index is 539. The molecule has 0 atom stereocenters. The number of nitrogens with zero attached hydrogens (tertiary/aromatic N) is 2. The standard InChI is InChI=1S/C15H18FN3/c1-4-13-10(2)15(17-3)19-14(18-13)9-11-5-7-12(16)8-6-11/h5-8H,4,9H2,1-3H3,(H,17,18,19). The fraction of sp³-hybridized carbons (Fsp3) is 0.333. The first kappa shape index (κ1) is 13.5. The number of rotatable bonds is 4. The van der Waals surface area contributed by atoms with E-state index in [2.05, 4.69) is 22.2 Å². The van der Waals surface area contributed by atoms with Gasteiger partial charge >= 0.3 is 0 Å². The van der Waals surface area contributed by atoms with Crippen molar-refractivity contribution in [2.24, 2.45) is 0 Å². The van der Waals surface area contributed by atoms with Crippen molar-refractivity contribution in [3.63, 3.8) is 0 Å². The quantitative estimate of drug-likeness (QED) is 0.916. The molecule has 1 N–H and O–H groups in total. The maximum atomic E-state index is 12.9. The molecule has 2 aromatic rings. The molecule has 0 unspecified atom stereocenters. The largest absolute Gasteiger partial charge is 0.373 e. The SMILES string of the molecule is CCc1nc(Cc2ccc(F)cc2)nc(NC)c1C. The zero-order chi connectivity index (χ0) is 13.8. The third-order valence-corrected chi connectivity index (χ3v) is 3.14. The van der Waals surface area contributed by atoms with Crippen LogP contribution < -0.4 is 5.32 Å². The van der Waals surface area contributed by atoms with E-state index in [-0.39, 0.29) is 5.82 Å². The van der Waals surface area contributed by atoms with Gasteiger partial charge in [-0.3, -0.25) is 0 Å². The molecule has 0 saturated heterocycles. The molecule has 100 valence electrons. The van der Waals surface area contributed by atoms with Gasteiger partial charge in [0.2, 0.25) is 0 Å². The highest BCUT2D eigenvalue weighted by atomic mass is 19.1. The zero-order valence-corrected chi connectivity index (χ0v) is 11.5. The highest BCUT2D eigenvalue weighted by Crippen LogP contribution is 2.17. The van der Waals surface area contributed by atoms with Gasteiger partial charge in [-0.25, -0.2) is 14.4 Å². The molecule has 0 spiro atoms. The van der Waals surface area contributed by atoms with Crippen LogP contribution in [0.4, 0.5) is 10.2 Å². The number of nitrogens with one attached hydrogen (secondary N) is 1. The van der Waals surface area contributed by atoms with E-state index in [1.54, 1.807) is 12.1 Å². The lowest BCUT2D eigenvalue weighted by atomic mass is 10.1. The molecule has 0 fully saturated rings. The molecule has 3 nitrogen and oxygen atoms in total. The van der Waals surface area contributed by atoms with Crippen molar-refractivity contribution in [3.05, 3.63) is 52.7 Å². The number of anilines is 1. The smallest absolute Gasteiger partial charge is 0.135 e. The fourth-order valence-electron chi connectivity index (χ4n) is 2.07. The second-order valence-corrected chi connectivity index (χ2v) is 4.47. The Hall–Kier alpha value is -1.97. The van der Waals surface area contributed by atoms with E-state index >= 15 is 0 Å². The first-order valence-corrected chi connectivity index (χ1v) is 6.42. The average molecular weight is 259 g/mol. The van der Waals surface area contributed by atoms with E-state index in [4.69, 9.17) is 0 Å². The van der Waals surface area contributed by atoms with E-state index in [1.807, 2.05) is 14.0 Å². The van der Waals surface area contributed by atoms with Crippen LogP contribution in [0.1, 0.15) is 29.6 Å². The molecular weight excluding hydrogens is 241 g/mol. The Morgan fingerprint density at radius 2 is 1.84 bits per heavy atom. The third-order valence-electron chi connectivity index (χ3n) is 3.14. The van der Waals surface area contributed by atoms with Crippen molar-refractivity contribution >= 4 is 5.82 Å². The van der Waals surface area contributed by atoms with Crippen LogP contribution in [0, 0.1) is 12.7 Å². The molecule has 2 rings (SSSR count). The Labute approximate surface area is 112 Å². The number of aryl methyl sites for hydroxylation is 1. The van der Waals surface area contributed by atoms with E-state index in [1.165, 1.54) is 12.1 Å². The van der Waals surface area contributed by atoms with E-state index in [0.717, 1.165) is 34.9 Å². The third kappa shape index (κ3) is 3.08. The van der Waals surface area contributed by atoms with Crippen LogP contribution in [0.2, 0.25) is 0 Å². The van der Waals surface area contributed by atoms with Crippen LogP contribution in [-0.4, -0.2) is 17.0 Å². The van der Waals surface area contributed by atoms with Gasteiger partial charge in [-0.2, -0.15) is 0 Å². The molecule has 19 heavy (non-hydrogen) atoms. The van der Waals surface area contributed by atoms with Crippen molar-refractivity contribution in [2.75, 3.05) is 12.4 Å². The molecule has 0 saturated carbocycles. The lowest BCUT2D eigenvalue weighted by Crippen LogP contribution is -2.07. The topological polar surface area (TPSA) is 37.8 Å². The minimum atomic E-state index is -0.223. The first-order chi connectivity index (χ1) is 9.13. The Balaban J connectivity index is 2.32. The Morgan fingerprint density at radius 3 is 2.42 bits per heavy atom. The highest BCUT2D eigenvalue weighted by molar-refractivity contribution is 5.45. The van der Waals surface area contributed by atoms with Gasteiger partial charge in [0.15, 0.2) is 0 Å². The second kappa shape index (κ2) is 5.78. The predicted molar refractivity (Wildman–Crippen MR) is 74.9 cm³/mol. The van der Waals surface area contributed by atoms with Crippen LogP contribution in [0.25, 0.3) is 0 Å². The summed E-state index contributed by atoms with van der Waals surface area (Å²) in [5, 5.41) is 3.09. The predicted octanol–water partition coefficient (Wildman–Crippen LogP) is 3.12. The Kier molecular flexibility index (Phi) is 4.10. The van der Waals surface area contributed by atoms with E-state index in [0.29, 0.717) is 6.42 Å². The van der Waals surface area contributed by atoms with E-state index in [9.17, 15) is 4.39 Å². The summed E-state index contributed by atoms with van der Waals surface area (Å²) in [7, 11) is 1.86. The maximum Gasteiger partial charge on any atom is 0.135 e. The summed E-state index contributed by atoms with van der Waals surface area (Å²) < 4.78 is 12.9. The molecule has 0 amide bonds. The van der Waals surface area contributed by atoms with Gasteiger partial charge in [-0.05, 0) is 31.0 Å². The summed E-state index contributed by atoms with van der Waals surface area (Å²) in [5.41, 5.74) is 3.15. The summed E-state index contributed by atoms with van der Waals surface area (Å²) in [4.78, 5) is 9.07. The van der Waals surface area contributed by atoms with Gasteiger partial charge in [-0.1, -0.05) is 19.1 Å². The van der Waals surface area contributed by atoms with Gasteiger partial charge in [0, 0.05) is 24.7 Å². The fourth-order valence-corrected chi connectivity index (χ4v) is 2.07. The van der Waals surface area contributed by atoms with Gasteiger partial charge < -0.3 is 5.32 Å². The van der Waals surface area contributed by atoms with E-state index < -0.39 is 0 Å². The van der Waals surface area contributed by atoms with Crippen molar-refractivity contribution in [2.45, 2.75) is 26.7 Å². The van der Waals surface area contributed by atoms with Gasteiger partial charge in [0.25, 0.3) is 0 Å². The van der Waals surface area contributed by atoms with Crippen molar-refractivity contribution < 1.29 is 4.39 Å². The van der Waals surface area contributed by atoms with Crippen LogP contribution in [0.5, 0.6) is 0 Å². The monoisotopic (exact) mass is 259 g/mol. The van der Waals surface area contributed by atoms with Crippen LogP contribution in [0.15, 0.2) is 24.3 Å². The highest BCUT2D eigenvalue weighted by Gasteiger charge is 2.09. The number of hydrogen-bond acceptors (Lipinski definition) is 3. The normalized spacial score (nSPS) is 10.5. The van der Waals surface area contributed by atoms with Crippen LogP contribution >= 0.6 is 0 Å². The average Bonchev–Trinajstić information content (AvgIpc) is 2.43. The van der Waals surface area contributed by atoms with Gasteiger partial charge in [0.05, 0.1) is 0 Å². The second-order valence-electron chi connectivity index (χ2n) is 4.47. The number of hydrogen-bond donors (Lipinski definition) is 1. The lowest BCUT2D eigenvalue weighted by molar-refractivity contribution is 0.627. The zero-order valence-electron chi connectivity index (χ0n) is 11.5. The molecule has 0 aliphatic rings. The molecule has 0 aliphatic heterocycles. The summed E-state index contributed by atoms with van der Waals surface area (Å²) in [6.45, 7) is 4.10. The minimum Gasteiger partial charge on any atom is -0.373 e. The first-order valence-electron chi connectivity index (χ1n) is 6.42. The number of benzene rings is 1. The summed E-state index contributed by atoms with van der Waals surface area (Å²) in [5.74, 6) is 1.40. The molecule has 0 radical (unpaired) electrons. The van der Waals surface area contributed by atoms with Gasteiger partial charge in [-0.15, -0.1) is 0 Å². The molecule has 1 aromatic carbocycles. The minimum absolute atomic E-state index is 0.223.